The van der Waals surface area contributed by atoms with Crippen LogP contribution >= 0.6 is 10.7 Å². The Morgan fingerprint density at radius 3 is 2.50 bits per heavy atom. The minimum Gasteiger partial charge on any atom is -0.342 e. The molecule has 18 heavy (non-hydrogen) atoms. The number of carbonyl (C=O) groups is 1. The molecule has 1 heterocycles. The first-order valence-corrected chi connectivity index (χ1v) is 7.44. The summed E-state index contributed by atoms with van der Waals surface area (Å²) in [5.41, 5.74) is 1.65. The molecule has 0 atom stereocenters. The topological polar surface area (TPSA) is 67.0 Å². The van der Waals surface area contributed by atoms with Crippen LogP contribution in [0.15, 0.2) is 41.4 Å². The number of hydrogen-bond acceptors (Lipinski definition) is 3. The van der Waals surface area contributed by atoms with E-state index in [2.05, 4.69) is 4.98 Å². The Balaban J connectivity index is 2.38. The van der Waals surface area contributed by atoms with Crippen LogP contribution in [0, 0.1) is 6.92 Å². The Hall–Kier alpha value is -1.59. The lowest BCUT2D eigenvalue weighted by molar-refractivity contribution is 0.103. The van der Waals surface area contributed by atoms with Crippen molar-refractivity contribution in [1.82, 2.24) is 4.98 Å². The van der Waals surface area contributed by atoms with Crippen molar-refractivity contribution in [3.8, 4) is 0 Å². The molecule has 0 unspecified atom stereocenters. The van der Waals surface area contributed by atoms with Crippen molar-refractivity contribution < 1.29 is 13.2 Å². The predicted molar refractivity (Wildman–Crippen MR) is 68.4 cm³/mol. The first-order valence-electron chi connectivity index (χ1n) is 5.13. The van der Waals surface area contributed by atoms with Gasteiger partial charge in [0.1, 0.15) is 5.03 Å². The van der Waals surface area contributed by atoms with Gasteiger partial charge in [-0.3, -0.25) is 4.79 Å². The molecule has 0 amide bonds. The lowest BCUT2D eigenvalue weighted by atomic mass is 10.1. The largest absolute Gasteiger partial charge is 0.342 e. The van der Waals surface area contributed by atoms with Crippen LogP contribution in [0.25, 0.3) is 0 Å². The van der Waals surface area contributed by atoms with Crippen molar-refractivity contribution in [2.45, 2.75) is 11.9 Å². The van der Waals surface area contributed by atoms with Crippen LogP contribution in [-0.4, -0.2) is 19.2 Å². The smallest absolute Gasteiger partial charge is 0.276 e. The number of carbonyl (C=O) groups excluding carboxylic acids is 1. The van der Waals surface area contributed by atoms with Crippen LogP contribution in [0.1, 0.15) is 21.6 Å². The number of aryl methyl sites for hydroxylation is 1. The van der Waals surface area contributed by atoms with Crippen LogP contribution in [0.5, 0.6) is 0 Å². The number of H-pyrrole nitrogens is 1. The maximum absolute atomic E-state index is 12.1. The Kier molecular flexibility index (Phi) is 3.28. The van der Waals surface area contributed by atoms with Gasteiger partial charge < -0.3 is 4.98 Å². The summed E-state index contributed by atoms with van der Waals surface area (Å²) in [6, 6.07) is 9.72. The molecule has 94 valence electrons. The highest BCUT2D eigenvalue weighted by Gasteiger charge is 2.16. The van der Waals surface area contributed by atoms with E-state index in [1.54, 1.807) is 18.2 Å². The van der Waals surface area contributed by atoms with Gasteiger partial charge in [0, 0.05) is 16.2 Å². The minimum atomic E-state index is -3.84. The molecule has 0 saturated carbocycles. The van der Waals surface area contributed by atoms with Gasteiger partial charge >= 0.3 is 0 Å². The Morgan fingerprint density at radius 2 is 1.94 bits per heavy atom. The second-order valence-corrected chi connectivity index (χ2v) is 6.41. The molecule has 0 aliphatic carbocycles. The fraction of sp³-hybridized carbons (Fsp3) is 0.0833. The second kappa shape index (κ2) is 4.59. The van der Waals surface area contributed by atoms with Gasteiger partial charge in [0.15, 0.2) is 0 Å². The van der Waals surface area contributed by atoms with Crippen molar-refractivity contribution in [3.63, 3.8) is 0 Å². The van der Waals surface area contributed by atoms with Crippen LogP contribution in [0.4, 0.5) is 0 Å². The molecule has 0 bridgehead atoms. The molecule has 0 spiro atoms. The average molecular weight is 284 g/mol. The molecule has 0 aliphatic rings. The third-order valence-electron chi connectivity index (χ3n) is 2.45. The Bertz CT molecular complexity index is 704. The summed E-state index contributed by atoms with van der Waals surface area (Å²) < 4.78 is 22.2. The maximum Gasteiger partial charge on any atom is 0.276 e. The molecule has 2 rings (SSSR count). The number of nitrogens with one attached hydrogen (secondary N) is 1. The van der Waals surface area contributed by atoms with Gasteiger partial charge in [0.25, 0.3) is 9.05 Å². The monoisotopic (exact) mass is 283 g/mol. The Labute approximate surface area is 109 Å². The fourth-order valence-corrected chi connectivity index (χ4v) is 2.32. The molecule has 2 aromatic rings. The number of ketones is 1. The highest BCUT2D eigenvalue weighted by Crippen LogP contribution is 2.16. The van der Waals surface area contributed by atoms with Crippen molar-refractivity contribution in [2.24, 2.45) is 0 Å². The van der Waals surface area contributed by atoms with Crippen molar-refractivity contribution in [3.05, 3.63) is 53.2 Å². The normalized spacial score (nSPS) is 11.4. The van der Waals surface area contributed by atoms with E-state index in [0.717, 1.165) is 5.56 Å². The zero-order valence-electron chi connectivity index (χ0n) is 9.48. The molecule has 1 aromatic heterocycles. The van der Waals surface area contributed by atoms with Gasteiger partial charge in [-0.1, -0.05) is 23.8 Å². The van der Waals surface area contributed by atoms with E-state index >= 15 is 0 Å². The van der Waals surface area contributed by atoms with Crippen molar-refractivity contribution >= 4 is 25.5 Å². The molecule has 0 fully saturated rings. The first kappa shape index (κ1) is 12.9. The van der Waals surface area contributed by atoms with Gasteiger partial charge in [-0.2, -0.15) is 0 Å². The molecule has 6 heteroatoms. The summed E-state index contributed by atoms with van der Waals surface area (Å²) in [7, 11) is 1.34. The molecule has 0 saturated heterocycles. The SMILES string of the molecule is Cc1cccc(C(=O)c2ccc(S(=O)(=O)Cl)[nH]2)c1. The van der Waals surface area contributed by atoms with Crippen LogP contribution in [-0.2, 0) is 9.05 Å². The zero-order chi connectivity index (χ0) is 13.3. The summed E-state index contributed by atoms with van der Waals surface area (Å²) in [5, 5.41) is -0.180. The number of rotatable bonds is 3. The molecule has 1 N–H and O–H groups in total. The van der Waals surface area contributed by atoms with Gasteiger partial charge in [-0.05, 0) is 25.1 Å². The lowest BCUT2D eigenvalue weighted by Crippen LogP contribution is -2.02. The van der Waals surface area contributed by atoms with E-state index < -0.39 is 9.05 Å². The average Bonchev–Trinajstić information content (AvgIpc) is 2.77. The quantitative estimate of drug-likeness (QED) is 0.695. The van der Waals surface area contributed by atoms with E-state index in [1.165, 1.54) is 12.1 Å². The number of aromatic amines is 1. The summed E-state index contributed by atoms with van der Waals surface area (Å²) in [6.45, 7) is 1.88. The van der Waals surface area contributed by atoms with E-state index in [0.29, 0.717) is 5.56 Å². The van der Waals surface area contributed by atoms with Crippen LogP contribution in [0.2, 0.25) is 0 Å². The standard InChI is InChI=1S/C12H10ClNO3S/c1-8-3-2-4-9(7-8)12(15)10-5-6-11(14-10)18(13,16)17/h2-7,14H,1H3. The second-order valence-electron chi connectivity index (χ2n) is 3.87. The molecule has 0 radical (unpaired) electrons. The van der Waals surface area contributed by atoms with E-state index in [1.807, 2.05) is 13.0 Å². The lowest BCUT2D eigenvalue weighted by Gasteiger charge is -1.99. The number of halogens is 1. The van der Waals surface area contributed by atoms with Gasteiger partial charge in [0.05, 0.1) is 5.69 Å². The predicted octanol–water partition coefficient (Wildman–Crippen LogP) is 2.48. The fourth-order valence-electron chi connectivity index (χ4n) is 1.59. The highest BCUT2D eigenvalue weighted by molar-refractivity contribution is 8.13. The number of benzene rings is 1. The van der Waals surface area contributed by atoms with E-state index in [4.69, 9.17) is 10.7 Å². The highest BCUT2D eigenvalue weighted by atomic mass is 35.7. The summed E-state index contributed by atoms with van der Waals surface area (Å²) >= 11 is 0. The van der Waals surface area contributed by atoms with E-state index in [9.17, 15) is 13.2 Å². The first-order chi connectivity index (χ1) is 8.38. The van der Waals surface area contributed by atoms with E-state index in [-0.39, 0.29) is 16.5 Å². The minimum absolute atomic E-state index is 0.180. The van der Waals surface area contributed by atoms with Crippen molar-refractivity contribution in [2.75, 3.05) is 0 Å². The summed E-state index contributed by atoms with van der Waals surface area (Å²) in [5.74, 6) is -0.273. The van der Waals surface area contributed by atoms with Crippen LogP contribution < -0.4 is 0 Å². The molecular weight excluding hydrogens is 274 g/mol. The molecule has 1 aromatic carbocycles. The third kappa shape index (κ3) is 2.63. The molecule has 4 nitrogen and oxygen atoms in total. The molecular formula is C12H10ClNO3S. The van der Waals surface area contributed by atoms with Crippen LogP contribution in [0.3, 0.4) is 0 Å². The van der Waals surface area contributed by atoms with Gasteiger partial charge in [0.2, 0.25) is 5.78 Å². The number of hydrogen-bond donors (Lipinski definition) is 1. The third-order valence-corrected chi connectivity index (χ3v) is 3.71. The zero-order valence-corrected chi connectivity index (χ0v) is 11.0. The van der Waals surface area contributed by atoms with Gasteiger partial charge in [-0.25, -0.2) is 8.42 Å². The maximum atomic E-state index is 12.1. The Morgan fingerprint density at radius 1 is 1.22 bits per heavy atom. The summed E-state index contributed by atoms with van der Waals surface area (Å²) in [6.07, 6.45) is 0. The number of aromatic nitrogens is 1. The van der Waals surface area contributed by atoms with Gasteiger partial charge in [-0.15, -0.1) is 0 Å². The summed E-state index contributed by atoms with van der Waals surface area (Å²) in [4.78, 5) is 14.6. The molecule has 0 aliphatic heterocycles. The van der Waals surface area contributed by atoms with Crippen molar-refractivity contribution in [1.29, 1.82) is 0 Å².